The third-order valence-corrected chi connectivity index (χ3v) is 6.76. The van der Waals surface area contributed by atoms with Gasteiger partial charge in [0.05, 0.1) is 5.75 Å². The van der Waals surface area contributed by atoms with Crippen LogP contribution in [0.3, 0.4) is 0 Å². The summed E-state index contributed by atoms with van der Waals surface area (Å²) in [5.41, 5.74) is 2.96. The van der Waals surface area contributed by atoms with Crippen LogP contribution >= 0.6 is 0 Å². The molecule has 3 N–H and O–H groups in total. The summed E-state index contributed by atoms with van der Waals surface area (Å²) < 4.78 is 25.5. The van der Waals surface area contributed by atoms with Crippen molar-refractivity contribution in [2.24, 2.45) is 0 Å². The fourth-order valence-electron chi connectivity index (χ4n) is 3.50. The summed E-state index contributed by atoms with van der Waals surface area (Å²) in [6.45, 7) is 1.02. The first kappa shape index (κ1) is 20.4. The summed E-state index contributed by atoms with van der Waals surface area (Å²) in [5, 5.41) is 5.88. The standard InChI is InChI=1S/C21H27N3O3S/c1-22-28(26,27)15-18-10-8-17(9-11-18)14-23-20(25)24-16-21(12-5-13-21)19-6-3-2-4-7-19/h2-4,6-11,22H,5,12-16H2,1H3,(H2,23,24,25). The molecular formula is C21H27N3O3S. The largest absolute Gasteiger partial charge is 0.337 e. The van der Waals surface area contributed by atoms with Gasteiger partial charge in [-0.25, -0.2) is 17.9 Å². The maximum atomic E-state index is 12.2. The molecule has 1 saturated carbocycles. The van der Waals surface area contributed by atoms with E-state index in [4.69, 9.17) is 0 Å². The second kappa shape index (κ2) is 8.75. The summed E-state index contributed by atoms with van der Waals surface area (Å²) in [6, 6.07) is 17.4. The van der Waals surface area contributed by atoms with Crippen molar-refractivity contribution in [3.63, 3.8) is 0 Å². The van der Waals surface area contributed by atoms with E-state index in [1.54, 1.807) is 12.1 Å². The molecule has 0 bridgehead atoms. The number of carbonyl (C=O) groups excluding carboxylic acids is 1. The van der Waals surface area contributed by atoms with Crippen LogP contribution in [0.5, 0.6) is 0 Å². The molecule has 0 spiro atoms. The molecule has 7 heteroatoms. The summed E-state index contributed by atoms with van der Waals surface area (Å²) in [7, 11) is -1.88. The number of carbonyl (C=O) groups is 1. The predicted molar refractivity (Wildman–Crippen MR) is 110 cm³/mol. The molecule has 0 radical (unpaired) electrons. The van der Waals surface area contributed by atoms with E-state index in [9.17, 15) is 13.2 Å². The lowest BCUT2D eigenvalue weighted by molar-refractivity contribution is 0.214. The molecule has 2 aromatic rings. The van der Waals surface area contributed by atoms with Gasteiger partial charge in [-0.15, -0.1) is 0 Å². The molecule has 1 aliphatic carbocycles. The number of benzene rings is 2. The summed E-state index contributed by atoms with van der Waals surface area (Å²) >= 11 is 0. The van der Waals surface area contributed by atoms with Crippen molar-refractivity contribution in [3.8, 4) is 0 Å². The topological polar surface area (TPSA) is 87.3 Å². The minimum atomic E-state index is -3.28. The second-order valence-electron chi connectivity index (χ2n) is 7.32. The van der Waals surface area contributed by atoms with E-state index in [1.165, 1.54) is 19.0 Å². The van der Waals surface area contributed by atoms with E-state index in [-0.39, 0.29) is 17.2 Å². The van der Waals surface area contributed by atoms with Gasteiger partial charge < -0.3 is 10.6 Å². The van der Waals surface area contributed by atoms with Crippen molar-refractivity contribution >= 4 is 16.1 Å². The fraction of sp³-hybridized carbons (Fsp3) is 0.381. The molecule has 6 nitrogen and oxygen atoms in total. The Balaban J connectivity index is 1.48. The van der Waals surface area contributed by atoms with Gasteiger partial charge in [0.15, 0.2) is 0 Å². The Morgan fingerprint density at radius 2 is 1.61 bits per heavy atom. The number of nitrogens with one attached hydrogen (secondary N) is 3. The quantitative estimate of drug-likeness (QED) is 0.635. The van der Waals surface area contributed by atoms with E-state index in [2.05, 4.69) is 27.5 Å². The Morgan fingerprint density at radius 3 is 2.18 bits per heavy atom. The molecule has 1 aliphatic rings. The lowest BCUT2D eigenvalue weighted by Crippen LogP contribution is -2.48. The monoisotopic (exact) mass is 401 g/mol. The van der Waals surface area contributed by atoms with Crippen molar-refractivity contribution in [1.29, 1.82) is 0 Å². The van der Waals surface area contributed by atoms with Crippen LogP contribution in [0.25, 0.3) is 0 Å². The van der Waals surface area contributed by atoms with Crippen LogP contribution in [0.2, 0.25) is 0 Å². The van der Waals surface area contributed by atoms with Gasteiger partial charge in [0.2, 0.25) is 10.0 Å². The molecule has 0 unspecified atom stereocenters. The second-order valence-corrected chi connectivity index (χ2v) is 9.24. The van der Waals surface area contributed by atoms with Gasteiger partial charge >= 0.3 is 6.03 Å². The highest BCUT2D eigenvalue weighted by atomic mass is 32.2. The van der Waals surface area contributed by atoms with E-state index in [1.807, 2.05) is 30.3 Å². The fourth-order valence-corrected chi connectivity index (χ4v) is 4.28. The maximum absolute atomic E-state index is 12.2. The average molecular weight is 402 g/mol. The van der Waals surface area contributed by atoms with Crippen molar-refractivity contribution in [2.75, 3.05) is 13.6 Å². The normalized spacial score (nSPS) is 15.5. The highest BCUT2D eigenvalue weighted by Gasteiger charge is 2.38. The maximum Gasteiger partial charge on any atom is 0.315 e. The molecule has 0 heterocycles. The minimum Gasteiger partial charge on any atom is -0.337 e. The molecule has 0 saturated heterocycles. The SMILES string of the molecule is CNS(=O)(=O)Cc1ccc(CNC(=O)NCC2(c3ccccc3)CCC2)cc1. The van der Waals surface area contributed by atoms with Gasteiger partial charge in [0.25, 0.3) is 0 Å². The summed E-state index contributed by atoms with van der Waals surface area (Å²) in [6.07, 6.45) is 3.37. The molecule has 0 atom stereocenters. The highest BCUT2D eigenvalue weighted by Crippen LogP contribution is 2.43. The molecule has 2 aromatic carbocycles. The molecule has 2 amide bonds. The van der Waals surface area contributed by atoms with E-state index in [0.717, 1.165) is 18.4 Å². The summed E-state index contributed by atoms with van der Waals surface area (Å²) in [5.74, 6) is -0.0563. The molecule has 1 fully saturated rings. The third-order valence-electron chi connectivity index (χ3n) is 5.43. The number of hydrogen-bond donors (Lipinski definition) is 3. The minimum absolute atomic E-state index is 0.0546. The Kier molecular flexibility index (Phi) is 6.36. The number of sulfonamides is 1. The van der Waals surface area contributed by atoms with Gasteiger partial charge in [0.1, 0.15) is 0 Å². The van der Waals surface area contributed by atoms with Crippen LogP contribution in [-0.4, -0.2) is 28.0 Å². The van der Waals surface area contributed by atoms with Crippen molar-refractivity contribution in [3.05, 3.63) is 71.3 Å². The molecule has 150 valence electrons. The zero-order valence-corrected chi connectivity index (χ0v) is 16.9. The van der Waals surface area contributed by atoms with Crippen LogP contribution in [0.4, 0.5) is 4.79 Å². The zero-order valence-electron chi connectivity index (χ0n) is 16.1. The third kappa shape index (κ3) is 5.11. The molecule has 28 heavy (non-hydrogen) atoms. The molecule has 0 aliphatic heterocycles. The lowest BCUT2D eigenvalue weighted by Gasteiger charge is -2.42. The zero-order chi connectivity index (χ0) is 20.0. The molecule has 0 aromatic heterocycles. The van der Waals surface area contributed by atoms with Crippen LogP contribution in [-0.2, 0) is 27.7 Å². The first-order valence-electron chi connectivity index (χ1n) is 9.49. The smallest absolute Gasteiger partial charge is 0.315 e. The Hall–Kier alpha value is -2.38. The number of urea groups is 1. The predicted octanol–water partition coefficient (Wildman–Crippen LogP) is 2.66. The van der Waals surface area contributed by atoms with Crippen molar-refractivity contribution in [2.45, 2.75) is 37.0 Å². The van der Waals surface area contributed by atoms with Crippen LogP contribution < -0.4 is 15.4 Å². The Morgan fingerprint density at radius 1 is 0.964 bits per heavy atom. The van der Waals surface area contributed by atoms with Gasteiger partial charge in [-0.2, -0.15) is 0 Å². The molecule has 3 rings (SSSR count). The van der Waals surface area contributed by atoms with E-state index < -0.39 is 10.0 Å². The lowest BCUT2D eigenvalue weighted by atomic mass is 9.64. The number of rotatable bonds is 8. The van der Waals surface area contributed by atoms with Crippen molar-refractivity contribution in [1.82, 2.24) is 15.4 Å². The van der Waals surface area contributed by atoms with E-state index >= 15 is 0 Å². The van der Waals surface area contributed by atoms with Gasteiger partial charge in [-0.1, -0.05) is 61.0 Å². The Labute approximate surface area is 166 Å². The Bertz CT molecular complexity index is 892. The van der Waals surface area contributed by atoms with Gasteiger partial charge in [0, 0.05) is 18.5 Å². The van der Waals surface area contributed by atoms with Crippen LogP contribution in [0.15, 0.2) is 54.6 Å². The van der Waals surface area contributed by atoms with Crippen LogP contribution in [0.1, 0.15) is 36.0 Å². The first-order valence-corrected chi connectivity index (χ1v) is 11.1. The highest BCUT2D eigenvalue weighted by molar-refractivity contribution is 7.88. The van der Waals surface area contributed by atoms with E-state index in [0.29, 0.717) is 18.7 Å². The van der Waals surface area contributed by atoms with Gasteiger partial charge in [-0.3, -0.25) is 0 Å². The first-order chi connectivity index (χ1) is 13.4. The van der Waals surface area contributed by atoms with Gasteiger partial charge in [-0.05, 0) is 36.6 Å². The van der Waals surface area contributed by atoms with Crippen molar-refractivity contribution < 1.29 is 13.2 Å². The number of amides is 2. The molecular weight excluding hydrogens is 374 g/mol. The summed E-state index contributed by atoms with van der Waals surface area (Å²) in [4.78, 5) is 12.2. The number of hydrogen-bond acceptors (Lipinski definition) is 3. The average Bonchev–Trinajstić information content (AvgIpc) is 2.67. The van der Waals surface area contributed by atoms with Crippen LogP contribution in [0, 0.1) is 0 Å².